The lowest BCUT2D eigenvalue weighted by Gasteiger charge is -2.21. The van der Waals surface area contributed by atoms with Crippen molar-refractivity contribution in [3.63, 3.8) is 0 Å². The molecule has 14 heavy (non-hydrogen) atoms. The molecule has 0 aliphatic carbocycles. The van der Waals surface area contributed by atoms with Crippen LogP contribution in [0, 0.1) is 5.92 Å². The number of benzene rings is 1. The van der Waals surface area contributed by atoms with E-state index < -0.39 is 0 Å². The molecule has 0 radical (unpaired) electrons. The lowest BCUT2D eigenvalue weighted by atomic mass is 9.86. The quantitative estimate of drug-likeness (QED) is 0.704. The predicted octanol–water partition coefficient (Wildman–Crippen LogP) is 3.84. The van der Waals surface area contributed by atoms with Gasteiger partial charge in [-0.15, -0.1) is 0 Å². The minimum atomic E-state index is 0.603. The first-order chi connectivity index (χ1) is 6.70. The first-order valence-electron chi connectivity index (χ1n) is 5.33. The van der Waals surface area contributed by atoms with Gasteiger partial charge in [0.15, 0.2) is 0 Å². The van der Waals surface area contributed by atoms with E-state index in [1.807, 2.05) is 12.1 Å². The summed E-state index contributed by atoms with van der Waals surface area (Å²) in [6.45, 7) is 6.76. The molecule has 0 aliphatic rings. The lowest BCUT2D eigenvalue weighted by molar-refractivity contribution is 0.392. The van der Waals surface area contributed by atoms with Gasteiger partial charge in [0.25, 0.3) is 0 Å². The molecule has 1 rings (SSSR count). The molecule has 1 aromatic rings. The van der Waals surface area contributed by atoms with Crippen molar-refractivity contribution in [2.45, 2.75) is 33.1 Å². The molecule has 1 unspecified atom stereocenters. The fourth-order valence-corrected chi connectivity index (χ4v) is 2.02. The molecule has 0 aliphatic heterocycles. The molecular weight excluding hydrogens is 172 g/mol. The molecule has 0 heterocycles. The molecule has 0 saturated carbocycles. The maximum absolute atomic E-state index is 5.38. The Bertz CT molecular complexity index is 278. The number of hydrogen-bond acceptors (Lipinski definition) is 1. The Balaban J connectivity index is 3.02. The van der Waals surface area contributed by atoms with Crippen molar-refractivity contribution in [2.75, 3.05) is 7.11 Å². The second kappa shape index (κ2) is 5.04. The van der Waals surface area contributed by atoms with E-state index in [-0.39, 0.29) is 0 Å². The van der Waals surface area contributed by atoms with Crippen molar-refractivity contribution in [1.29, 1.82) is 0 Å². The summed E-state index contributed by atoms with van der Waals surface area (Å²) in [5.41, 5.74) is 1.34. The molecule has 0 fully saturated rings. The fourth-order valence-electron chi connectivity index (χ4n) is 2.02. The zero-order valence-corrected chi connectivity index (χ0v) is 9.58. The van der Waals surface area contributed by atoms with Gasteiger partial charge in [-0.3, -0.25) is 0 Å². The van der Waals surface area contributed by atoms with Crippen LogP contribution in [0.1, 0.15) is 38.7 Å². The van der Waals surface area contributed by atoms with Gasteiger partial charge in [-0.25, -0.2) is 0 Å². The van der Waals surface area contributed by atoms with E-state index in [9.17, 15) is 0 Å². The second-order valence-electron chi connectivity index (χ2n) is 4.00. The van der Waals surface area contributed by atoms with Crippen LogP contribution < -0.4 is 4.74 Å². The molecule has 1 nitrogen and oxygen atoms in total. The minimum Gasteiger partial charge on any atom is -0.496 e. The zero-order chi connectivity index (χ0) is 10.6. The number of rotatable bonds is 4. The van der Waals surface area contributed by atoms with Crippen LogP contribution in [0.25, 0.3) is 0 Å². The Hall–Kier alpha value is -0.980. The average Bonchev–Trinajstić information content (AvgIpc) is 2.19. The topological polar surface area (TPSA) is 9.23 Å². The van der Waals surface area contributed by atoms with Gasteiger partial charge < -0.3 is 4.74 Å². The van der Waals surface area contributed by atoms with Crippen LogP contribution in [0.5, 0.6) is 5.75 Å². The first-order valence-corrected chi connectivity index (χ1v) is 5.33. The van der Waals surface area contributed by atoms with Gasteiger partial charge in [0.2, 0.25) is 0 Å². The van der Waals surface area contributed by atoms with Crippen LogP contribution in [-0.2, 0) is 0 Å². The van der Waals surface area contributed by atoms with E-state index in [1.54, 1.807) is 7.11 Å². The third kappa shape index (κ3) is 2.28. The van der Waals surface area contributed by atoms with Gasteiger partial charge in [-0.05, 0) is 29.9 Å². The first kappa shape index (κ1) is 11.1. The van der Waals surface area contributed by atoms with Gasteiger partial charge in [-0.1, -0.05) is 39.0 Å². The molecule has 1 heteroatoms. The molecule has 78 valence electrons. The summed E-state index contributed by atoms with van der Waals surface area (Å²) in [5.74, 6) is 2.29. The van der Waals surface area contributed by atoms with E-state index in [2.05, 4.69) is 32.9 Å². The summed E-state index contributed by atoms with van der Waals surface area (Å²) in [7, 11) is 1.74. The summed E-state index contributed by atoms with van der Waals surface area (Å²) < 4.78 is 5.38. The van der Waals surface area contributed by atoms with Gasteiger partial charge in [0.1, 0.15) is 5.75 Å². The van der Waals surface area contributed by atoms with Crippen molar-refractivity contribution < 1.29 is 4.74 Å². The third-order valence-corrected chi connectivity index (χ3v) is 2.78. The maximum Gasteiger partial charge on any atom is 0.122 e. The lowest BCUT2D eigenvalue weighted by Crippen LogP contribution is -2.07. The molecule has 0 saturated heterocycles. The SMILES string of the molecule is CCC(c1ccccc1OC)C(C)C. The molecule has 1 aromatic carbocycles. The Morgan fingerprint density at radius 3 is 2.36 bits per heavy atom. The Morgan fingerprint density at radius 1 is 1.21 bits per heavy atom. The average molecular weight is 192 g/mol. The molecule has 0 spiro atoms. The Kier molecular flexibility index (Phi) is 3.99. The fraction of sp³-hybridized carbons (Fsp3) is 0.538. The summed E-state index contributed by atoms with van der Waals surface area (Å²) in [5, 5.41) is 0. The van der Waals surface area contributed by atoms with E-state index >= 15 is 0 Å². The smallest absolute Gasteiger partial charge is 0.122 e. The van der Waals surface area contributed by atoms with E-state index in [0.29, 0.717) is 11.8 Å². The monoisotopic (exact) mass is 192 g/mol. The maximum atomic E-state index is 5.38. The molecule has 0 N–H and O–H groups in total. The Labute approximate surface area is 87.1 Å². The molecule has 0 amide bonds. The Morgan fingerprint density at radius 2 is 1.86 bits per heavy atom. The highest BCUT2D eigenvalue weighted by Gasteiger charge is 2.16. The highest BCUT2D eigenvalue weighted by molar-refractivity contribution is 5.36. The normalized spacial score (nSPS) is 12.9. The van der Waals surface area contributed by atoms with Crippen LogP contribution >= 0.6 is 0 Å². The molecule has 1 atom stereocenters. The summed E-state index contributed by atoms with van der Waals surface area (Å²) in [6.07, 6.45) is 1.16. The number of hydrogen-bond donors (Lipinski definition) is 0. The molecule has 0 aromatic heterocycles. The highest BCUT2D eigenvalue weighted by atomic mass is 16.5. The van der Waals surface area contributed by atoms with E-state index in [1.165, 1.54) is 5.56 Å². The van der Waals surface area contributed by atoms with Crippen molar-refractivity contribution >= 4 is 0 Å². The standard InChI is InChI=1S/C13H20O/c1-5-11(10(2)3)12-8-6-7-9-13(12)14-4/h6-11H,5H2,1-4H3. The molecular formula is C13H20O. The summed E-state index contributed by atoms with van der Waals surface area (Å²) in [6, 6.07) is 8.33. The van der Waals surface area contributed by atoms with Crippen molar-refractivity contribution in [1.82, 2.24) is 0 Å². The third-order valence-electron chi connectivity index (χ3n) is 2.78. The van der Waals surface area contributed by atoms with Crippen LogP contribution in [0.2, 0.25) is 0 Å². The van der Waals surface area contributed by atoms with Gasteiger partial charge in [0.05, 0.1) is 7.11 Å². The van der Waals surface area contributed by atoms with Crippen molar-refractivity contribution in [3.8, 4) is 5.75 Å². The van der Waals surface area contributed by atoms with E-state index in [0.717, 1.165) is 12.2 Å². The summed E-state index contributed by atoms with van der Waals surface area (Å²) in [4.78, 5) is 0. The van der Waals surface area contributed by atoms with Crippen LogP contribution in [0.4, 0.5) is 0 Å². The minimum absolute atomic E-state index is 0.603. The van der Waals surface area contributed by atoms with Gasteiger partial charge >= 0.3 is 0 Å². The highest BCUT2D eigenvalue weighted by Crippen LogP contribution is 2.33. The van der Waals surface area contributed by atoms with Gasteiger partial charge in [-0.2, -0.15) is 0 Å². The van der Waals surface area contributed by atoms with Gasteiger partial charge in [0, 0.05) is 0 Å². The summed E-state index contributed by atoms with van der Waals surface area (Å²) >= 11 is 0. The number of para-hydroxylation sites is 1. The number of ether oxygens (including phenoxy) is 1. The second-order valence-corrected chi connectivity index (χ2v) is 4.00. The van der Waals surface area contributed by atoms with Crippen LogP contribution in [0.15, 0.2) is 24.3 Å². The predicted molar refractivity (Wildman–Crippen MR) is 60.9 cm³/mol. The number of methoxy groups -OCH3 is 1. The molecule has 0 bridgehead atoms. The van der Waals surface area contributed by atoms with Crippen LogP contribution in [0.3, 0.4) is 0 Å². The largest absolute Gasteiger partial charge is 0.496 e. The zero-order valence-electron chi connectivity index (χ0n) is 9.58. The van der Waals surface area contributed by atoms with Crippen molar-refractivity contribution in [3.05, 3.63) is 29.8 Å². The van der Waals surface area contributed by atoms with Crippen LogP contribution in [-0.4, -0.2) is 7.11 Å². The van der Waals surface area contributed by atoms with E-state index in [4.69, 9.17) is 4.74 Å². The van der Waals surface area contributed by atoms with Crippen molar-refractivity contribution in [2.24, 2.45) is 5.92 Å².